The maximum atomic E-state index is 11.1. The lowest BCUT2D eigenvalue weighted by molar-refractivity contribution is -0.129. The molecule has 0 unspecified atom stereocenters. The van der Waals surface area contributed by atoms with Gasteiger partial charge in [0.25, 0.3) is 0 Å². The van der Waals surface area contributed by atoms with Crippen molar-refractivity contribution in [3.63, 3.8) is 0 Å². The van der Waals surface area contributed by atoms with E-state index < -0.39 is 0 Å². The monoisotopic (exact) mass is 155 g/mol. The zero-order valence-electron chi connectivity index (χ0n) is 7.47. The first-order chi connectivity index (χ1) is 5.22. The molecule has 0 aliphatic carbocycles. The van der Waals surface area contributed by atoms with Crippen LogP contribution in [0.5, 0.6) is 0 Å². The average molecular weight is 155 g/mol. The molecule has 0 atom stereocenters. The van der Waals surface area contributed by atoms with E-state index in [0.717, 1.165) is 19.4 Å². The predicted molar refractivity (Wildman–Crippen MR) is 47.4 cm³/mol. The molecule has 0 saturated carbocycles. The van der Waals surface area contributed by atoms with Gasteiger partial charge in [0.1, 0.15) is 0 Å². The third-order valence-corrected chi connectivity index (χ3v) is 1.59. The molecule has 0 radical (unpaired) electrons. The summed E-state index contributed by atoms with van der Waals surface area (Å²) >= 11 is 0. The highest BCUT2D eigenvalue weighted by Gasteiger charge is 2.03. The third-order valence-electron chi connectivity index (χ3n) is 1.59. The van der Waals surface area contributed by atoms with E-state index in [1.807, 2.05) is 7.05 Å². The Morgan fingerprint density at radius 2 is 2.27 bits per heavy atom. The lowest BCUT2D eigenvalue weighted by Gasteiger charge is -2.15. The standard InChI is InChI=1S/C9H17NO/c1-4-6-8-10(3)9(11)7-5-2/h5H,2,4,6-8H2,1,3H3. The molecule has 2 nitrogen and oxygen atoms in total. The van der Waals surface area contributed by atoms with Gasteiger partial charge >= 0.3 is 0 Å². The molecule has 0 N–H and O–H groups in total. The summed E-state index contributed by atoms with van der Waals surface area (Å²) in [5, 5.41) is 0. The van der Waals surface area contributed by atoms with Crippen molar-refractivity contribution in [1.82, 2.24) is 4.90 Å². The lowest BCUT2D eigenvalue weighted by Crippen LogP contribution is -2.26. The van der Waals surface area contributed by atoms with Crippen molar-refractivity contribution in [2.45, 2.75) is 26.2 Å². The molecule has 0 saturated heterocycles. The first kappa shape index (κ1) is 10.2. The van der Waals surface area contributed by atoms with Gasteiger partial charge in [-0.1, -0.05) is 19.4 Å². The zero-order valence-corrected chi connectivity index (χ0v) is 7.47. The predicted octanol–water partition coefficient (Wildman–Crippen LogP) is 1.82. The van der Waals surface area contributed by atoms with Crippen LogP contribution < -0.4 is 0 Å². The van der Waals surface area contributed by atoms with Gasteiger partial charge in [-0.25, -0.2) is 0 Å². The molecule has 0 fully saturated rings. The number of nitrogens with zero attached hydrogens (tertiary/aromatic N) is 1. The van der Waals surface area contributed by atoms with Gasteiger partial charge in [0, 0.05) is 20.0 Å². The highest BCUT2D eigenvalue weighted by atomic mass is 16.2. The second-order valence-electron chi connectivity index (χ2n) is 2.66. The SMILES string of the molecule is C=CCC(=O)N(C)CCCC. The Balaban J connectivity index is 3.54. The summed E-state index contributed by atoms with van der Waals surface area (Å²) in [5.74, 6) is 0.161. The molecule has 0 heterocycles. The molecule has 0 bridgehead atoms. The highest BCUT2D eigenvalue weighted by molar-refractivity contribution is 5.77. The van der Waals surface area contributed by atoms with Crippen molar-refractivity contribution >= 4 is 5.91 Å². The zero-order chi connectivity index (χ0) is 8.69. The van der Waals surface area contributed by atoms with Gasteiger partial charge in [-0.05, 0) is 6.42 Å². The van der Waals surface area contributed by atoms with Crippen molar-refractivity contribution in [3.8, 4) is 0 Å². The Labute approximate surface area is 68.9 Å². The van der Waals surface area contributed by atoms with Crippen LogP contribution in [0.15, 0.2) is 12.7 Å². The fourth-order valence-corrected chi connectivity index (χ4v) is 0.799. The summed E-state index contributed by atoms with van der Waals surface area (Å²) in [6.45, 7) is 6.50. The summed E-state index contributed by atoms with van der Waals surface area (Å²) < 4.78 is 0. The van der Waals surface area contributed by atoms with Crippen molar-refractivity contribution < 1.29 is 4.79 Å². The number of carbonyl (C=O) groups excluding carboxylic acids is 1. The largest absolute Gasteiger partial charge is 0.345 e. The van der Waals surface area contributed by atoms with Crippen LogP contribution in [-0.4, -0.2) is 24.4 Å². The second kappa shape index (κ2) is 5.96. The van der Waals surface area contributed by atoms with Crippen LogP contribution in [0.4, 0.5) is 0 Å². The molecule has 0 aromatic carbocycles. The Morgan fingerprint density at radius 1 is 1.64 bits per heavy atom. The topological polar surface area (TPSA) is 20.3 Å². The van der Waals surface area contributed by atoms with Crippen molar-refractivity contribution in [2.24, 2.45) is 0 Å². The van der Waals surface area contributed by atoms with Crippen molar-refractivity contribution in [2.75, 3.05) is 13.6 Å². The van der Waals surface area contributed by atoms with Gasteiger partial charge in [0.2, 0.25) is 5.91 Å². The minimum absolute atomic E-state index is 0.161. The molecule has 1 amide bonds. The van der Waals surface area contributed by atoms with E-state index in [2.05, 4.69) is 13.5 Å². The van der Waals surface area contributed by atoms with Gasteiger partial charge in [-0.3, -0.25) is 4.79 Å². The molecule has 0 spiro atoms. The Kier molecular flexibility index (Phi) is 5.53. The minimum atomic E-state index is 0.161. The van der Waals surface area contributed by atoms with Gasteiger partial charge in [0.15, 0.2) is 0 Å². The molecule has 11 heavy (non-hydrogen) atoms. The molecule has 0 aliphatic rings. The number of hydrogen-bond donors (Lipinski definition) is 0. The summed E-state index contributed by atoms with van der Waals surface area (Å²) in [6, 6.07) is 0. The number of unbranched alkanes of at least 4 members (excludes halogenated alkanes) is 1. The first-order valence-corrected chi connectivity index (χ1v) is 4.07. The molecule has 0 rings (SSSR count). The van der Waals surface area contributed by atoms with E-state index in [1.54, 1.807) is 11.0 Å². The molecule has 0 aromatic heterocycles. The quantitative estimate of drug-likeness (QED) is 0.554. The third kappa shape index (κ3) is 4.59. The van der Waals surface area contributed by atoms with Crippen LogP contribution in [0.25, 0.3) is 0 Å². The van der Waals surface area contributed by atoms with Crippen molar-refractivity contribution in [1.29, 1.82) is 0 Å². The average Bonchev–Trinajstić information content (AvgIpc) is 2.00. The van der Waals surface area contributed by atoms with E-state index >= 15 is 0 Å². The maximum Gasteiger partial charge on any atom is 0.226 e. The van der Waals surface area contributed by atoms with Gasteiger partial charge < -0.3 is 4.90 Å². The van der Waals surface area contributed by atoms with E-state index in [-0.39, 0.29) is 5.91 Å². The van der Waals surface area contributed by atoms with Gasteiger partial charge in [-0.2, -0.15) is 0 Å². The molecule has 0 aromatic rings. The molecule has 64 valence electrons. The Morgan fingerprint density at radius 3 is 2.73 bits per heavy atom. The molecule has 2 heteroatoms. The van der Waals surface area contributed by atoms with Crippen molar-refractivity contribution in [3.05, 3.63) is 12.7 Å². The number of rotatable bonds is 5. The summed E-state index contributed by atoms with van der Waals surface area (Å²) in [7, 11) is 1.83. The fourth-order valence-electron chi connectivity index (χ4n) is 0.799. The summed E-state index contributed by atoms with van der Waals surface area (Å²) in [5.41, 5.74) is 0. The van der Waals surface area contributed by atoms with Crippen LogP contribution in [0.1, 0.15) is 26.2 Å². The number of amides is 1. The first-order valence-electron chi connectivity index (χ1n) is 4.07. The van der Waals surface area contributed by atoms with Crippen LogP contribution >= 0.6 is 0 Å². The number of carbonyl (C=O) groups is 1. The van der Waals surface area contributed by atoms with E-state index in [1.165, 1.54) is 0 Å². The van der Waals surface area contributed by atoms with Crippen LogP contribution in [-0.2, 0) is 4.79 Å². The highest BCUT2D eigenvalue weighted by Crippen LogP contribution is 1.95. The molecular weight excluding hydrogens is 138 g/mol. The molecular formula is C9H17NO. The van der Waals surface area contributed by atoms with Crippen LogP contribution in [0.3, 0.4) is 0 Å². The summed E-state index contributed by atoms with van der Waals surface area (Å²) in [4.78, 5) is 12.9. The van der Waals surface area contributed by atoms with Gasteiger partial charge in [-0.15, -0.1) is 6.58 Å². The maximum absolute atomic E-state index is 11.1. The van der Waals surface area contributed by atoms with E-state index in [9.17, 15) is 4.79 Å². The number of hydrogen-bond acceptors (Lipinski definition) is 1. The molecule has 0 aliphatic heterocycles. The fraction of sp³-hybridized carbons (Fsp3) is 0.667. The van der Waals surface area contributed by atoms with Gasteiger partial charge in [0.05, 0.1) is 0 Å². The minimum Gasteiger partial charge on any atom is -0.345 e. The van der Waals surface area contributed by atoms with E-state index in [4.69, 9.17) is 0 Å². The summed E-state index contributed by atoms with van der Waals surface area (Å²) in [6.07, 6.45) is 4.32. The second-order valence-corrected chi connectivity index (χ2v) is 2.66. The Hall–Kier alpha value is -0.790. The Bertz CT molecular complexity index is 132. The van der Waals surface area contributed by atoms with Crippen LogP contribution in [0.2, 0.25) is 0 Å². The van der Waals surface area contributed by atoms with Crippen LogP contribution in [0, 0.1) is 0 Å². The lowest BCUT2D eigenvalue weighted by atomic mass is 10.3. The normalized spacial score (nSPS) is 9.27. The van der Waals surface area contributed by atoms with E-state index in [0.29, 0.717) is 6.42 Å². The smallest absolute Gasteiger partial charge is 0.226 e.